The number of thioether (sulfide) groups is 1. The minimum absolute atomic E-state index is 0.0658. The lowest BCUT2D eigenvalue weighted by Gasteiger charge is -2.13. The average molecular weight is 305 g/mol. The smallest absolute Gasteiger partial charge is 0.237 e. The normalized spacial score (nSPS) is 12.4. The van der Waals surface area contributed by atoms with Gasteiger partial charge in [-0.15, -0.1) is 5.10 Å². The molecule has 6 nitrogen and oxygen atoms in total. The quantitative estimate of drug-likeness (QED) is 0.860. The summed E-state index contributed by atoms with van der Waals surface area (Å²) < 4.78 is 1.71. The Morgan fingerprint density at radius 3 is 2.76 bits per heavy atom. The molecule has 2 rings (SSSR count). The van der Waals surface area contributed by atoms with Crippen molar-refractivity contribution in [1.29, 1.82) is 0 Å². The summed E-state index contributed by atoms with van der Waals surface area (Å²) in [5, 5.41) is 14.8. The number of hydrogen-bond acceptors (Lipinski definition) is 5. The van der Waals surface area contributed by atoms with E-state index in [0.717, 1.165) is 11.3 Å². The molecule has 0 aliphatic heterocycles. The number of amides is 1. The van der Waals surface area contributed by atoms with Gasteiger partial charge in [0.2, 0.25) is 11.1 Å². The van der Waals surface area contributed by atoms with Crippen LogP contribution in [0.15, 0.2) is 29.4 Å². The van der Waals surface area contributed by atoms with Gasteiger partial charge in [0.1, 0.15) is 0 Å². The van der Waals surface area contributed by atoms with Gasteiger partial charge >= 0.3 is 0 Å². The van der Waals surface area contributed by atoms with Crippen LogP contribution in [0.5, 0.6) is 0 Å². The zero-order chi connectivity index (χ0) is 15.4. The van der Waals surface area contributed by atoms with E-state index >= 15 is 0 Å². The van der Waals surface area contributed by atoms with E-state index in [1.165, 1.54) is 11.8 Å². The summed E-state index contributed by atoms with van der Waals surface area (Å²) in [6.45, 7) is 7.83. The zero-order valence-electron chi connectivity index (χ0n) is 12.6. The van der Waals surface area contributed by atoms with Gasteiger partial charge in [0, 0.05) is 5.69 Å². The largest absolute Gasteiger partial charge is 0.325 e. The maximum Gasteiger partial charge on any atom is 0.237 e. The van der Waals surface area contributed by atoms with Crippen molar-refractivity contribution in [3.05, 3.63) is 29.8 Å². The van der Waals surface area contributed by atoms with Crippen LogP contribution < -0.4 is 5.32 Å². The van der Waals surface area contributed by atoms with E-state index in [1.54, 1.807) is 4.68 Å². The first kappa shape index (κ1) is 15.5. The lowest BCUT2D eigenvalue weighted by atomic mass is 10.2. The first-order valence-corrected chi connectivity index (χ1v) is 7.67. The average Bonchev–Trinajstić information content (AvgIpc) is 2.87. The first-order chi connectivity index (χ1) is 9.97. The molecule has 0 saturated carbocycles. The highest BCUT2D eigenvalue weighted by Crippen LogP contribution is 2.23. The fourth-order valence-corrected chi connectivity index (χ4v) is 2.69. The van der Waals surface area contributed by atoms with Gasteiger partial charge < -0.3 is 5.32 Å². The number of carbonyl (C=O) groups excluding carboxylic acids is 1. The van der Waals surface area contributed by atoms with Gasteiger partial charge in [-0.25, -0.2) is 4.68 Å². The van der Waals surface area contributed by atoms with E-state index in [9.17, 15) is 4.79 Å². The van der Waals surface area contributed by atoms with Gasteiger partial charge in [-0.05, 0) is 55.8 Å². The third-order valence-electron chi connectivity index (χ3n) is 2.89. The number of rotatable bonds is 5. The zero-order valence-corrected chi connectivity index (χ0v) is 13.4. The highest BCUT2D eigenvalue weighted by atomic mass is 32.2. The Hall–Kier alpha value is -1.89. The van der Waals surface area contributed by atoms with Crippen LogP contribution in [0, 0.1) is 6.92 Å². The second-order valence-electron chi connectivity index (χ2n) is 5.12. The van der Waals surface area contributed by atoms with E-state index < -0.39 is 0 Å². The van der Waals surface area contributed by atoms with Crippen LogP contribution in [0.25, 0.3) is 0 Å². The van der Waals surface area contributed by atoms with Crippen LogP contribution in [0.4, 0.5) is 5.69 Å². The van der Waals surface area contributed by atoms with Gasteiger partial charge in [0.15, 0.2) is 0 Å². The molecule has 1 atom stereocenters. The van der Waals surface area contributed by atoms with Crippen LogP contribution in [0.2, 0.25) is 0 Å². The molecule has 2 aromatic rings. The second-order valence-corrected chi connectivity index (χ2v) is 6.43. The molecule has 1 N–H and O–H groups in total. The molecular weight excluding hydrogens is 286 g/mol. The predicted molar refractivity (Wildman–Crippen MR) is 83.3 cm³/mol. The van der Waals surface area contributed by atoms with Crippen molar-refractivity contribution in [2.75, 3.05) is 5.32 Å². The Morgan fingerprint density at radius 2 is 2.10 bits per heavy atom. The van der Waals surface area contributed by atoms with Crippen molar-refractivity contribution in [2.24, 2.45) is 0 Å². The van der Waals surface area contributed by atoms with E-state index in [-0.39, 0.29) is 17.2 Å². The topological polar surface area (TPSA) is 72.7 Å². The van der Waals surface area contributed by atoms with Gasteiger partial charge in [-0.3, -0.25) is 4.79 Å². The third-order valence-corrected chi connectivity index (χ3v) is 3.94. The molecule has 112 valence electrons. The summed E-state index contributed by atoms with van der Waals surface area (Å²) in [5.41, 5.74) is 1.91. The first-order valence-electron chi connectivity index (χ1n) is 6.79. The molecule has 1 aromatic heterocycles. The van der Waals surface area contributed by atoms with E-state index in [4.69, 9.17) is 0 Å². The fraction of sp³-hybridized carbons (Fsp3) is 0.429. The molecule has 0 fully saturated rings. The number of benzene rings is 1. The molecule has 1 amide bonds. The number of anilines is 1. The maximum absolute atomic E-state index is 12.2. The monoisotopic (exact) mass is 305 g/mol. The summed E-state index contributed by atoms with van der Waals surface area (Å²) in [7, 11) is 0. The molecule has 21 heavy (non-hydrogen) atoms. The fourth-order valence-electron chi connectivity index (χ4n) is 1.77. The standard InChI is InChI=1S/C14H19N5OS/c1-9(2)19-14(16-17-18-19)21-11(4)13(20)15-12-7-5-6-10(3)8-12/h5-9,11H,1-4H3,(H,15,20)/t11-/m0/s1. The lowest BCUT2D eigenvalue weighted by molar-refractivity contribution is -0.115. The van der Waals surface area contributed by atoms with Crippen molar-refractivity contribution >= 4 is 23.4 Å². The lowest BCUT2D eigenvalue weighted by Crippen LogP contribution is -2.23. The second kappa shape index (κ2) is 6.71. The number of aromatic nitrogens is 4. The van der Waals surface area contributed by atoms with Gasteiger partial charge in [-0.1, -0.05) is 23.9 Å². The Balaban J connectivity index is 2.01. The van der Waals surface area contributed by atoms with E-state index in [2.05, 4.69) is 20.8 Å². The molecule has 7 heteroatoms. The Labute approximate surface area is 128 Å². The van der Waals surface area contributed by atoms with Gasteiger partial charge in [0.25, 0.3) is 0 Å². The van der Waals surface area contributed by atoms with Crippen LogP contribution >= 0.6 is 11.8 Å². The Morgan fingerprint density at radius 1 is 1.33 bits per heavy atom. The molecule has 0 unspecified atom stereocenters. The number of carbonyl (C=O) groups is 1. The molecule has 0 radical (unpaired) electrons. The molecule has 1 aromatic carbocycles. The summed E-state index contributed by atoms with van der Waals surface area (Å²) in [4.78, 5) is 12.2. The number of nitrogens with one attached hydrogen (secondary N) is 1. The Kier molecular flexibility index (Phi) is 4.95. The third kappa shape index (κ3) is 4.04. The molecule has 0 saturated heterocycles. The minimum atomic E-state index is -0.283. The number of tetrazole rings is 1. The Bertz CT molecular complexity index is 625. The summed E-state index contributed by atoms with van der Waals surface area (Å²) in [6.07, 6.45) is 0. The maximum atomic E-state index is 12.2. The van der Waals surface area contributed by atoms with Gasteiger partial charge in [0.05, 0.1) is 11.3 Å². The van der Waals surface area contributed by atoms with Crippen molar-refractivity contribution in [1.82, 2.24) is 20.2 Å². The minimum Gasteiger partial charge on any atom is -0.325 e. The molecule has 0 aliphatic carbocycles. The molecule has 0 aliphatic rings. The van der Waals surface area contributed by atoms with E-state index in [1.807, 2.05) is 52.0 Å². The molecule has 1 heterocycles. The van der Waals surface area contributed by atoms with Crippen molar-refractivity contribution < 1.29 is 4.79 Å². The van der Waals surface area contributed by atoms with Crippen molar-refractivity contribution in [2.45, 2.75) is 44.1 Å². The van der Waals surface area contributed by atoms with Crippen molar-refractivity contribution in [3.8, 4) is 0 Å². The molecular formula is C14H19N5OS. The highest BCUT2D eigenvalue weighted by Gasteiger charge is 2.19. The number of hydrogen-bond donors (Lipinski definition) is 1. The molecule has 0 bridgehead atoms. The van der Waals surface area contributed by atoms with E-state index in [0.29, 0.717) is 5.16 Å². The summed E-state index contributed by atoms with van der Waals surface area (Å²) in [5.74, 6) is -0.0658. The number of aryl methyl sites for hydroxylation is 1. The summed E-state index contributed by atoms with van der Waals surface area (Å²) in [6, 6.07) is 7.88. The van der Waals surface area contributed by atoms with Crippen molar-refractivity contribution in [3.63, 3.8) is 0 Å². The van der Waals surface area contributed by atoms with Crippen LogP contribution in [0.1, 0.15) is 32.4 Å². The molecule has 0 spiro atoms. The van der Waals surface area contributed by atoms with Crippen LogP contribution in [0.3, 0.4) is 0 Å². The summed E-state index contributed by atoms with van der Waals surface area (Å²) >= 11 is 1.35. The van der Waals surface area contributed by atoms with Crippen LogP contribution in [-0.2, 0) is 4.79 Å². The van der Waals surface area contributed by atoms with Gasteiger partial charge in [-0.2, -0.15) is 0 Å². The number of nitrogens with zero attached hydrogens (tertiary/aromatic N) is 4. The highest BCUT2D eigenvalue weighted by molar-refractivity contribution is 8.00. The SMILES string of the molecule is Cc1cccc(NC(=O)[C@H](C)Sc2nnnn2C(C)C)c1. The predicted octanol–water partition coefficient (Wildman–Crippen LogP) is 2.68. The van der Waals surface area contributed by atoms with Crippen LogP contribution in [-0.4, -0.2) is 31.4 Å².